The van der Waals surface area contributed by atoms with Gasteiger partial charge in [-0.3, -0.25) is 4.79 Å². The van der Waals surface area contributed by atoms with Crippen LogP contribution in [0.25, 0.3) is 0 Å². The second-order valence-corrected chi connectivity index (χ2v) is 3.49. The van der Waals surface area contributed by atoms with Crippen LogP contribution in [0.5, 0.6) is 0 Å². The Morgan fingerprint density at radius 3 is 2.50 bits per heavy atom. The van der Waals surface area contributed by atoms with Crippen molar-refractivity contribution in [1.29, 1.82) is 0 Å². The van der Waals surface area contributed by atoms with Crippen LogP contribution in [0.1, 0.15) is 25.7 Å². The van der Waals surface area contributed by atoms with E-state index in [0.29, 0.717) is 25.8 Å². The third kappa shape index (κ3) is 0.838. The standard InChI is InChI=1S/C8H11NO3/c10-6-2-1-5-9(6)8(3-4-8)7(11)12/h1-5H2,(H,11,12). The zero-order valence-electron chi connectivity index (χ0n) is 6.75. The van der Waals surface area contributed by atoms with Gasteiger partial charge in [-0.1, -0.05) is 0 Å². The second-order valence-electron chi connectivity index (χ2n) is 3.49. The first-order valence-corrected chi connectivity index (χ1v) is 4.21. The molecular weight excluding hydrogens is 158 g/mol. The highest BCUT2D eigenvalue weighted by atomic mass is 16.4. The Balaban J connectivity index is 2.18. The fourth-order valence-corrected chi connectivity index (χ4v) is 1.82. The van der Waals surface area contributed by atoms with E-state index in [0.717, 1.165) is 6.42 Å². The third-order valence-corrected chi connectivity index (χ3v) is 2.71. The monoisotopic (exact) mass is 169 g/mol. The molecular formula is C8H11NO3. The molecule has 2 aliphatic rings. The van der Waals surface area contributed by atoms with Crippen LogP contribution < -0.4 is 0 Å². The highest BCUT2D eigenvalue weighted by molar-refractivity contribution is 5.90. The number of likely N-dealkylation sites (tertiary alicyclic amines) is 1. The molecule has 1 heterocycles. The molecule has 0 aromatic rings. The third-order valence-electron chi connectivity index (χ3n) is 2.71. The van der Waals surface area contributed by atoms with Crippen LogP contribution in [0.4, 0.5) is 0 Å². The van der Waals surface area contributed by atoms with E-state index in [4.69, 9.17) is 5.11 Å². The van der Waals surface area contributed by atoms with E-state index >= 15 is 0 Å². The Kier molecular flexibility index (Phi) is 1.40. The molecule has 1 saturated heterocycles. The summed E-state index contributed by atoms with van der Waals surface area (Å²) in [6.45, 7) is 0.630. The Hall–Kier alpha value is -1.06. The van der Waals surface area contributed by atoms with Gasteiger partial charge < -0.3 is 10.0 Å². The van der Waals surface area contributed by atoms with E-state index < -0.39 is 11.5 Å². The maximum atomic E-state index is 11.2. The lowest BCUT2D eigenvalue weighted by atomic mass is 10.2. The molecule has 1 aliphatic heterocycles. The molecule has 1 saturated carbocycles. The van der Waals surface area contributed by atoms with E-state index in [1.54, 1.807) is 0 Å². The van der Waals surface area contributed by atoms with Crippen molar-refractivity contribution in [2.75, 3.05) is 6.54 Å². The first kappa shape index (κ1) is 7.58. The van der Waals surface area contributed by atoms with Crippen LogP contribution in [0, 0.1) is 0 Å². The Labute approximate surface area is 70.2 Å². The number of carbonyl (C=O) groups is 2. The number of aliphatic carboxylic acids is 1. The van der Waals surface area contributed by atoms with Crippen LogP contribution in [-0.4, -0.2) is 34.0 Å². The van der Waals surface area contributed by atoms with Gasteiger partial charge in [0.05, 0.1) is 0 Å². The number of carboxylic acids is 1. The lowest BCUT2D eigenvalue weighted by molar-refractivity contribution is -0.150. The van der Waals surface area contributed by atoms with E-state index in [-0.39, 0.29) is 5.91 Å². The molecule has 1 aliphatic carbocycles. The molecule has 4 nitrogen and oxygen atoms in total. The zero-order chi connectivity index (χ0) is 8.77. The van der Waals surface area contributed by atoms with Crippen LogP contribution >= 0.6 is 0 Å². The van der Waals surface area contributed by atoms with Gasteiger partial charge in [0.25, 0.3) is 0 Å². The summed E-state index contributed by atoms with van der Waals surface area (Å²) in [5.74, 6) is -0.826. The molecule has 1 N–H and O–H groups in total. The van der Waals surface area contributed by atoms with Gasteiger partial charge in [0.1, 0.15) is 5.54 Å². The van der Waals surface area contributed by atoms with Crippen molar-refractivity contribution in [3.8, 4) is 0 Å². The maximum absolute atomic E-state index is 11.2. The van der Waals surface area contributed by atoms with Crippen LogP contribution in [0.3, 0.4) is 0 Å². The van der Waals surface area contributed by atoms with Crippen LogP contribution in [0.15, 0.2) is 0 Å². The minimum absolute atomic E-state index is 0.00917. The molecule has 0 atom stereocenters. The van der Waals surface area contributed by atoms with Crippen molar-refractivity contribution >= 4 is 11.9 Å². The largest absolute Gasteiger partial charge is 0.479 e. The van der Waals surface area contributed by atoms with Crippen molar-refractivity contribution in [3.63, 3.8) is 0 Å². The summed E-state index contributed by atoms with van der Waals surface area (Å²) in [6.07, 6.45) is 2.60. The number of rotatable bonds is 2. The molecule has 0 aromatic carbocycles. The Morgan fingerprint density at radius 2 is 2.17 bits per heavy atom. The zero-order valence-corrected chi connectivity index (χ0v) is 6.75. The number of nitrogens with zero attached hydrogens (tertiary/aromatic N) is 1. The van der Waals surface area contributed by atoms with E-state index in [1.807, 2.05) is 0 Å². The normalized spacial score (nSPS) is 26.0. The first-order chi connectivity index (χ1) is 5.67. The lowest BCUT2D eigenvalue weighted by Gasteiger charge is -2.23. The Bertz CT molecular complexity index is 245. The van der Waals surface area contributed by atoms with E-state index in [9.17, 15) is 9.59 Å². The summed E-state index contributed by atoms with van der Waals surface area (Å²) in [5.41, 5.74) is -0.798. The van der Waals surface area contributed by atoms with Gasteiger partial charge in [0, 0.05) is 13.0 Å². The fourth-order valence-electron chi connectivity index (χ4n) is 1.82. The topological polar surface area (TPSA) is 57.6 Å². The van der Waals surface area contributed by atoms with Gasteiger partial charge in [-0.25, -0.2) is 4.79 Å². The van der Waals surface area contributed by atoms with Gasteiger partial charge in [0.15, 0.2) is 0 Å². The number of carboxylic acid groups (broad SMARTS) is 1. The maximum Gasteiger partial charge on any atom is 0.329 e. The predicted octanol–water partition coefficient (Wildman–Crippen LogP) is 0.226. The fraction of sp³-hybridized carbons (Fsp3) is 0.750. The molecule has 0 aromatic heterocycles. The minimum atomic E-state index is -0.835. The average Bonchev–Trinajstić information content (AvgIpc) is 2.71. The summed E-state index contributed by atoms with van der Waals surface area (Å²) < 4.78 is 0. The van der Waals surface area contributed by atoms with Crippen LogP contribution in [-0.2, 0) is 9.59 Å². The first-order valence-electron chi connectivity index (χ1n) is 4.21. The molecule has 0 spiro atoms. The predicted molar refractivity (Wildman–Crippen MR) is 40.5 cm³/mol. The highest BCUT2D eigenvalue weighted by Crippen LogP contribution is 2.43. The Morgan fingerprint density at radius 1 is 1.50 bits per heavy atom. The number of amides is 1. The van der Waals surface area contributed by atoms with Gasteiger partial charge in [-0.2, -0.15) is 0 Å². The van der Waals surface area contributed by atoms with E-state index in [1.165, 1.54) is 4.90 Å². The molecule has 66 valence electrons. The smallest absolute Gasteiger partial charge is 0.329 e. The molecule has 12 heavy (non-hydrogen) atoms. The molecule has 2 rings (SSSR count). The average molecular weight is 169 g/mol. The molecule has 4 heteroatoms. The second kappa shape index (κ2) is 2.21. The number of hydrogen-bond acceptors (Lipinski definition) is 2. The van der Waals surface area contributed by atoms with Gasteiger partial charge in [-0.15, -0.1) is 0 Å². The van der Waals surface area contributed by atoms with Gasteiger partial charge in [-0.05, 0) is 19.3 Å². The summed E-state index contributed by atoms with van der Waals surface area (Å²) >= 11 is 0. The van der Waals surface area contributed by atoms with E-state index in [2.05, 4.69) is 0 Å². The number of hydrogen-bond donors (Lipinski definition) is 1. The summed E-state index contributed by atoms with van der Waals surface area (Å²) in [7, 11) is 0. The van der Waals surface area contributed by atoms with Gasteiger partial charge >= 0.3 is 5.97 Å². The quantitative estimate of drug-likeness (QED) is 0.643. The molecule has 0 bridgehead atoms. The molecule has 0 radical (unpaired) electrons. The lowest BCUT2D eigenvalue weighted by Crippen LogP contribution is -2.44. The molecule has 1 amide bonds. The van der Waals surface area contributed by atoms with Crippen molar-refractivity contribution in [3.05, 3.63) is 0 Å². The summed E-state index contributed by atoms with van der Waals surface area (Å²) in [6, 6.07) is 0. The van der Waals surface area contributed by atoms with Crippen molar-refractivity contribution in [2.24, 2.45) is 0 Å². The number of carbonyl (C=O) groups excluding carboxylic acids is 1. The van der Waals surface area contributed by atoms with Crippen molar-refractivity contribution < 1.29 is 14.7 Å². The molecule has 0 unspecified atom stereocenters. The van der Waals surface area contributed by atoms with Crippen molar-refractivity contribution in [1.82, 2.24) is 4.90 Å². The minimum Gasteiger partial charge on any atom is -0.479 e. The van der Waals surface area contributed by atoms with Crippen LogP contribution in [0.2, 0.25) is 0 Å². The van der Waals surface area contributed by atoms with Gasteiger partial charge in [0.2, 0.25) is 5.91 Å². The summed E-state index contributed by atoms with van der Waals surface area (Å²) in [5, 5.41) is 8.89. The SMILES string of the molecule is O=C1CCCN1C1(C(=O)O)CC1. The molecule has 2 fully saturated rings. The highest BCUT2D eigenvalue weighted by Gasteiger charge is 2.57. The van der Waals surface area contributed by atoms with Crippen molar-refractivity contribution in [2.45, 2.75) is 31.2 Å². The summed E-state index contributed by atoms with van der Waals surface area (Å²) in [4.78, 5) is 23.6.